The molecule has 2 heterocycles. The zero-order valence-electron chi connectivity index (χ0n) is 13.6. The molecule has 1 saturated heterocycles. The molecule has 6 heteroatoms. The number of piperazine rings is 1. The number of likely N-dealkylation sites (N-methyl/N-ethyl adjacent to an activating group) is 1. The van der Waals surface area contributed by atoms with Crippen molar-refractivity contribution in [1.29, 1.82) is 5.26 Å². The van der Waals surface area contributed by atoms with Crippen molar-refractivity contribution in [3.8, 4) is 6.07 Å². The smallest absolute Gasteiger partial charge is 0.274 e. The lowest BCUT2D eigenvalue weighted by atomic mass is 10.2. The second-order valence-corrected chi connectivity index (χ2v) is 5.84. The summed E-state index contributed by atoms with van der Waals surface area (Å²) in [5.41, 5.74) is 2.61. The quantitative estimate of drug-likeness (QED) is 0.935. The number of pyridine rings is 1. The molecule has 6 nitrogen and oxygen atoms in total. The summed E-state index contributed by atoms with van der Waals surface area (Å²) in [6, 6.07) is 12.5. The highest BCUT2D eigenvalue weighted by Crippen LogP contribution is 2.16. The predicted octanol–water partition coefficient (Wildman–Crippen LogP) is 1.96. The summed E-state index contributed by atoms with van der Waals surface area (Å²) in [5, 5.41) is 11.6. The van der Waals surface area contributed by atoms with Crippen LogP contribution >= 0.6 is 0 Å². The van der Waals surface area contributed by atoms with Crippen LogP contribution in [0, 0.1) is 11.3 Å². The van der Waals surface area contributed by atoms with Gasteiger partial charge in [-0.25, -0.2) is 4.98 Å². The first-order valence-corrected chi connectivity index (χ1v) is 7.87. The Bertz CT molecular complexity index is 740. The zero-order valence-corrected chi connectivity index (χ0v) is 13.6. The fourth-order valence-corrected chi connectivity index (χ4v) is 2.60. The van der Waals surface area contributed by atoms with E-state index in [-0.39, 0.29) is 5.91 Å². The van der Waals surface area contributed by atoms with E-state index in [2.05, 4.69) is 27.1 Å². The largest absolute Gasteiger partial charge is 0.368 e. The van der Waals surface area contributed by atoms with Gasteiger partial charge in [-0.1, -0.05) is 0 Å². The molecule has 1 fully saturated rings. The van der Waals surface area contributed by atoms with Gasteiger partial charge >= 0.3 is 0 Å². The van der Waals surface area contributed by atoms with Crippen LogP contribution in [0.2, 0.25) is 0 Å². The van der Waals surface area contributed by atoms with Gasteiger partial charge in [0.25, 0.3) is 5.91 Å². The van der Waals surface area contributed by atoms with Gasteiger partial charge in [0, 0.05) is 31.9 Å². The standard InChI is InChI=1S/C18H19N5O/c1-22-8-10-23(11-9-22)16-6-7-17(20-13-16)18(24)21-15-4-2-14(12-19)3-5-15/h2-7,13H,8-11H2,1H3,(H,21,24). The number of anilines is 2. The number of hydrogen-bond acceptors (Lipinski definition) is 5. The second kappa shape index (κ2) is 7.11. The van der Waals surface area contributed by atoms with E-state index in [4.69, 9.17) is 5.26 Å². The van der Waals surface area contributed by atoms with Crippen LogP contribution in [-0.4, -0.2) is 49.0 Å². The average Bonchev–Trinajstić information content (AvgIpc) is 2.63. The Balaban J connectivity index is 1.64. The van der Waals surface area contributed by atoms with E-state index in [9.17, 15) is 4.79 Å². The third-order valence-corrected chi connectivity index (χ3v) is 4.12. The molecule has 0 unspecified atom stereocenters. The molecule has 1 aliphatic heterocycles. The van der Waals surface area contributed by atoms with Gasteiger partial charge in [-0.3, -0.25) is 4.79 Å². The number of nitrogens with one attached hydrogen (secondary N) is 1. The van der Waals surface area contributed by atoms with E-state index in [0.717, 1.165) is 31.9 Å². The fraction of sp³-hybridized carbons (Fsp3) is 0.278. The van der Waals surface area contributed by atoms with Crippen LogP contribution in [0.5, 0.6) is 0 Å². The molecule has 0 bridgehead atoms. The van der Waals surface area contributed by atoms with Gasteiger partial charge in [0.1, 0.15) is 5.69 Å². The molecule has 122 valence electrons. The highest BCUT2D eigenvalue weighted by atomic mass is 16.1. The summed E-state index contributed by atoms with van der Waals surface area (Å²) in [4.78, 5) is 21.1. The molecular formula is C18H19N5O. The maximum Gasteiger partial charge on any atom is 0.274 e. The second-order valence-electron chi connectivity index (χ2n) is 5.84. The van der Waals surface area contributed by atoms with Crippen molar-refractivity contribution in [3.05, 3.63) is 53.9 Å². The monoisotopic (exact) mass is 321 g/mol. The molecule has 1 aromatic heterocycles. The van der Waals surface area contributed by atoms with Gasteiger partial charge in [-0.2, -0.15) is 5.26 Å². The van der Waals surface area contributed by atoms with Crippen LogP contribution in [0.25, 0.3) is 0 Å². The van der Waals surface area contributed by atoms with Gasteiger partial charge in [-0.15, -0.1) is 0 Å². The Labute approximate surface area is 141 Å². The molecule has 3 rings (SSSR count). The minimum absolute atomic E-state index is 0.260. The highest BCUT2D eigenvalue weighted by Gasteiger charge is 2.15. The molecule has 1 aliphatic rings. The topological polar surface area (TPSA) is 72.3 Å². The molecule has 24 heavy (non-hydrogen) atoms. The number of hydrogen-bond donors (Lipinski definition) is 1. The van der Waals surface area contributed by atoms with Crippen LogP contribution in [0.15, 0.2) is 42.6 Å². The number of aromatic nitrogens is 1. The van der Waals surface area contributed by atoms with E-state index in [1.54, 1.807) is 36.5 Å². The van der Waals surface area contributed by atoms with Gasteiger partial charge in [0.2, 0.25) is 0 Å². The first kappa shape index (κ1) is 16.0. The number of nitriles is 1. The van der Waals surface area contributed by atoms with Crippen LogP contribution < -0.4 is 10.2 Å². The SMILES string of the molecule is CN1CCN(c2ccc(C(=O)Nc3ccc(C#N)cc3)nc2)CC1. The van der Waals surface area contributed by atoms with Gasteiger partial charge in [-0.05, 0) is 43.4 Å². The minimum Gasteiger partial charge on any atom is -0.368 e. The Morgan fingerprint density at radius 3 is 2.42 bits per heavy atom. The third-order valence-electron chi connectivity index (χ3n) is 4.12. The first-order valence-electron chi connectivity index (χ1n) is 7.87. The van der Waals surface area contributed by atoms with Gasteiger partial charge < -0.3 is 15.1 Å². The van der Waals surface area contributed by atoms with E-state index >= 15 is 0 Å². The van der Waals surface area contributed by atoms with Crippen molar-refractivity contribution in [2.75, 3.05) is 43.4 Å². The highest BCUT2D eigenvalue weighted by molar-refractivity contribution is 6.02. The number of carbonyl (C=O) groups is 1. The van der Waals surface area contributed by atoms with Crippen molar-refractivity contribution < 1.29 is 4.79 Å². The zero-order chi connectivity index (χ0) is 16.9. The van der Waals surface area contributed by atoms with E-state index in [0.29, 0.717) is 16.9 Å². The Kier molecular flexibility index (Phi) is 4.73. The molecule has 1 amide bonds. The molecule has 1 aromatic carbocycles. The van der Waals surface area contributed by atoms with Crippen LogP contribution in [-0.2, 0) is 0 Å². The summed E-state index contributed by atoms with van der Waals surface area (Å²) in [7, 11) is 2.12. The minimum atomic E-state index is -0.260. The van der Waals surface area contributed by atoms with Crippen molar-refractivity contribution in [1.82, 2.24) is 9.88 Å². The lowest BCUT2D eigenvalue weighted by molar-refractivity contribution is 0.102. The van der Waals surface area contributed by atoms with Crippen molar-refractivity contribution >= 4 is 17.3 Å². The van der Waals surface area contributed by atoms with E-state index in [1.807, 2.05) is 12.1 Å². The normalized spacial score (nSPS) is 14.9. The molecule has 0 spiro atoms. The summed E-state index contributed by atoms with van der Waals surface area (Å²) in [5.74, 6) is -0.260. The van der Waals surface area contributed by atoms with Crippen LogP contribution in [0.1, 0.15) is 16.1 Å². The fourth-order valence-electron chi connectivity index (χ4n) is 2.60. The number of amides is 1. The average molecular weight is 321 g/mol. The summed E-state index contributed by atoms with van der Waals surface area (Å²) in [6.45, 7) is 3.99. The number of carbonyl (C=O) groups excluding carboxylic acids is 1. The molecule has 0 atom stereocenters. The first-order chi connectivity index (χ1) is 11.7. The van der Waals surface area contributed by atoms with Gasteiger partial charge in [0.15, 0.2) is 0 Å². The van der Waals surface area contributed by atoms with E-state index < -0.39 is 0 Å². The molecular weight excluding hydrogens is 302 g/mol. The van der Waals surface area contributed by atoms with Gasteiger partial charge in [0.05, 0.1) is 23.5 Å². The predicted molar refractivity (Wildman–Crippen MR) is 93.1 cm³/mol. The number of rotatable bonds is 3. The Hall–Kier alpha value is -2.91. The lowest BCUT2D eigenvalue weighted by Gasteiger charge is -2.33. The van der Waals surface area contributed by atoms with Crippen LogP contribution in [0.4, 0.5) is 11.4 Å². The molecule has 0 saturated carbocycles. The lowest BCUT2D eigenvalue weighted by Crippen LogP contribution is -2.44. The summed E-state index contributed by atoms with van der Waals surface area (Å²) in [6.07, 6.45) is 1.75. The van der Waals surface area contributed by atoms with E-state index in [1.165, 1.54) is 0 Å². The van der Waals surface area contributed by atoms with Crippen LogP contribution in [0.3, 0.4) is 0 Å². The summed E-state index contributed by atoms with van der Waals surface area (Å²) >= 11 is 0. The third kappa shape index (κ3) is 3.70. The molecule has 0 radical (unpaired) electrons. The summed E-state index contributed by atoms with van der Waals surface area (Å²) < 4.78 is 0. The van der Waals surface area contributed by atoms with Crippen molar-refractivity contribution in [2.45, 2.75) is 0 Å². The molecule has 2 aromatic rings. The maximum absolute atomic E-state index is 12.2. The number of nitrogens with zero attached hydrogens (tertiary/aromatic N) is 4. The molecule has 1 N–H and O–H groups in total. The molecule has 0 aliphatic carbocycles. The van der Waals surface area contributed by atoms with Crippen molar-refractivity contribution in [3.63, 3.8) is 0 Å². The Morgan fingerprint density at radius 1 is 1.12 bits per heavy atom. The maximum atomic E-state index is 12.2. The van der Waals surface area contributed by atoms with Crippen molar-refractivity contribution in [2.24, 2.45) is 0 Å². The Morgan fingerprint density at radius 2 is 1.83 bits per heavy atom. The number of benzene rings is 1.